The van der Waals surface area contributed by atoms with Crippen LogP contribution in [0.25, 0.3) is 0 Å². The second kappa shape index (κ2) is 11.3. The molecule has 0 aliphatic carbocycles. The van der Waals surface area contributed by atoms with Crippen LogP contribution in [0.2, 0.25) is 0 Å². The van der Waals surface area contributed by atoms with Gasteiger partial charge in [0.1, 0.15) is 5.84 Å². The van der Waals surface area contributed by atoms with E-state index >= 15 is 0 Å². The molecule has 4 aromatic carbocycles. The van der Waals surface area contributed by atoms with Gasteiger partial charge in [0, 0.05) is 16.2 Å². The molecule has 0 aliphatic heterocycles. The van der Waals surface area contributed by atoms with E-state index in [9.17, 15) is 0 Å². The van der Waals surface area contributed by atoms with Gasteiger partial charge >= 0.3 is 0 Å². The van der Waals surface area contributed by atoms with E-state index in [0.29, 0.717) is 0 Å². The summed E-state index contributed by atoms with van der Waals surface area (Å²) in [4.78, 5) is 5.32. The van der Waals surface area contributed by atoms with E-state index in [1.54, 1.807) is 0 Å². The van der Waals surface area contributed by atoms with Crippen LogP contribution in [0.5, 0.6) is 0 Å². The lowest BCUT2D eigenvalue weighted by Crippen LogP contribution is -2.30. The fraction of sp³-hybridized carbons (Fsp3) is 0.286. The molecule has 38 heavy (non-hydrogen) atoms. The van der Waals surface area contributed by atoms with Gasteiger partial charge in [-0.15, -0.1) is 0 Å². The number of aryl methyl sites for hydroxylation is 6. The summed E-state index contributed by atoms with van der Waals surface area (Å²) in [5.41, 5.74) is 11.0. The summed E-state index contributed by atoms with van der Waals surface area (Å²) in [5, 5.41) is 6.60. The lowest BCUT2D eigenvalue weighted by atomic mass is 9.86. The van der Waals surface area contributed by atoms with Crippen molar-refractivity contribution in [2.24, 2.45) is 4.99 Å². The molecule has 0 fully saturated rings. The van der Waals surface area contributed by atoms with E-state index in [4.69, 9.17) is 4.99 Å². The van der Waals surface area contributed by atoms with Crippen molar-refractivity contribution in [3.05, 3.63) is 123 Å². The van der Waals surface area contributed by atoms with Gasteiger partial charge in [-0.05, 0) is 87.9 Å². The van der Waals surface area contributed by atoms with E-state index in [2.05, 4.69) is 146 Å². The van der Waals surface area contributed by atoms with Crippen LogP contribution in [0.15, 0.2) is 83.9 Å². The van der Waals surface area contributed by atoms with Crippen LogP contribution in [0.1, 0.15) is 65.3 Å². The Morgan fingerprint density at radius 3 is 1.50 bits per heavy atom. The molecule has 1 N–H and O–H groups in total. The molecule has 3 heteroatoms. The first-order valence-electron chi connectivity index (χ1n) is 13.4. The monoisotopic (exact) mass is 520 g/mol. The summed E-state index contributed by atoms with van der Waals surface area (Å²) >= 11 is 0. The quantitative estimate of drug-likeness (QED) is 0.159. The Bertz CT molecular complexity index is 1360. The van der Waals surface area contributed by atoms with Crippen LogP contribution >= 0.6 is 8.07 Å². The molecular weight excluding hydrogens is 479 g/mol. The predicted molar refractivity (Wildman–Crippen MR) is 168 cm³/mol. The zero-order valence-corrected chi connectivity index (χ0v) is 25.3. The fourth-order valence-electron chi connectivity index (χ4n) is 4.92. The lowest BCUT2D eigenvalue weighted by Gasteiger charge is -2.25. The van der Waals surface area contributed by atoms with E-state index < -0.39 is 8.07 Å². The minimum atomic E-state index is -0.905. The smallest absolute Gasteiger partial charge is 0.137 e. The molecular formula is C35H41N2P. The van der Waals surface area contributed by atoms with E-state index in [0.717, 1.165) is 17.1 Å². The van der Waals surface area contributed by atoms with Crippen LogP contribution in [0, 0.1) is 41.5 Å². The third-order valence-electron chi connectivity index (χ3n) is 6.83. The second-order valence-electron chi connectivity index (χ2n) is 11.7. The summed E-state index contributed by atoms with van der Waals surface area (Å²) in [6.45, 7) is 19.8. The average molecular weight is 521 g/mol. The number of amidine groups is 1. The molecule has 0 aliphatic rings. The molecule has 0 radical (unpaired) electrons. The van der Waals surface area contributed by atoms with Crippen LogP contribution in [0.4, 0.5) is 5.69 Å². The van der Waals surface area contributed by atoms with Gasteiger partial charge in [0.2, 0.25) is 0 Å². The largest absolute Gasteiger partial charge is 0.341 e. The SMILES string of the molecule is Cc1cc(C)cc(P(NC(=Nc2c(C)cccc2C)c2ccc(C(C)(C)C)cc2)c2cc(C)cc(C)c2)c1. The van der Waals surface area contributed by atoms with Crippen molar-refractivity contribution < 1.29 is 0 Å². The van der Waals surface area contributed by atoms with E-state index in [1.165, 1.54) is 49.6 Å². The first kappa shape index (κ1) is 27.8. The Morgan fingerprint density at radius 1 is 0.632 bits per heavy atom. The molecule has 0 spiro atoms. The van der Waals surface area contributed by atoms with Crippen LogP contribution in [-0.4, -0.2) is 5.84 Å². The van der Waals surface area contributed by atoms with Gasteiger partial charge in [-0.25, -0.2) is 4.99 Å². The number of nitrogens with one attached hydrogen (secondary N) is 1. The highest BCUT2D eigenvalue weighted by molar-refractivity contribution is 7.71. The van der Waals surface area contributed by atoms with Gasteiger partial charge in [0.15, 0.2) is 0 Å². The molecule has 4 rings (SSSR count). The van der Waals surface area contributed by atoms with Gasteiger partial charge in [0.05, 0.1) is 13.8 Å². The van der Waals surface area contributed by atoms with Gasteiger partial charge in [-0.2, -0.15) is 0 Å². The number of hydrogen-bond donors (Lipinski definition) is 1. The summed E-state index contributed by atoms with van der Waals surface area (Å²) in [6, 6.07) is 29.1. The summed E-state index contributed by atoms with van der Waals surface area (Å²) in [5.74, 6) is 0.910. The highest BCUT2D eigenvalue weighted by Crippen LogP contribution is 2.33. The van der Waals surface area contributed by atoms with Crippen molar-refractivity contribution in [2.75, 3.05) is 0 Å². The van der Waals surface area contributed by atoms with E-state index in [1.807, 2.05) is 0 Å². The molecule has 0 heterocycles. The molecule has 0 saturated carbocycles. The number of aliphatic imine (C=N–C) groups is 1. The first-order valence-corrected chi connectivity index (χ1v) is 14.7. The number of nitrogens with zero attached hydrogens (tertiary/aromatic N) is 1. The minimum absolute atomic E-state index is 0.0979. The summed E-state index contributed by atoms with van der Waals surface area (Å²) in [7, 11) is -0.905. The van der Waals surface area contributed by atoms with Gasteiger partial charge in [-0.3, -0.25) is 0 Å². The topological polar surface area (TPSA) is 24.4 Å². The molecule has 0 aromatic heterocycles. The summed E-state index contributed by atoms with van der Waals surface area (Å²) in [6.07, 6.45) is 0. The zero-order valence-electron chi connectivity index (χ0n) is 24.4. The molecule has 0 saturated heterocycles. The van der Waals surface area contributed by atoms with Crippen molar-refractivity contribution in [1.29, 1.82) is 0 Å². The number of para-hydroxylation sites is 1. The number of rotatable bonds is 5. The number of benzene rings is 4. The first-order chi connectivity index (χ1) is 17.9. The Hall–Kier alpha value is -3.22. The van der Waals surface area contributed by atoms with Gasteiger partial charge in [0.25, 0.3) is 0 Å². The van der Waals surface area contributed by atoms with Gasteiger partial charge < -0.3 is 5.09 Å². The average Bonchev–Trinajstić information content (AvgIpc) is 2.81. The maximum Gasteiger partial charge on any atom is 0.137 e. The lowest BCUT2D eigenvalue weighted by molar-refractivity contribution is 0.590. The molecule has 0 bridgehead atoms. The highest BCUT2D eigenvalue weighted by Gasteiger charge is 2.20. The third-order valence-corrected chi connectivity index (χ3v) is 8.82. The molecule has 4 aromatic rings. The Labute approximate surface area is 231 Å². The molecule has 2 nitrogen and oxygen atoms in total. The standard InChI is InChI=1S/C35H41N2P/c1-23-17-24(2)20-31(19-23)38(32-21-25(3)18-26(4)22-32)37-34(36-33-27(5)11-10-12-28(33)6)29-13-15-30(16-14-29)35(7,8)9/h10-22H,1-9H3,(H,36,37). The Balaban J connectivity index is 1.91. The second-order valence-corrected chi connectivity index (χ2v) is 13.6. The Kier molecular flexibility index (Phi) is 8.24. The summed E-state index contributed by atoms with van der Waals surface area (Å²) < 4.78 is 0. The van der Waals surface area contributed by atoms with Crippen molar-refractivity contribution in [3.63, 3.8) is 0 Å². The number of hydrogen-bond acceptors (Lipinski definition) is 1. The van der Waals surface area contributed by atoms with Crippen molar-refractivity contribution in [2.45, 2.75) is 67.7 Å². The normalized spacial score (nSPS) is 12.2. The molecule has 196 valence electrons. The highest BCUT2D eigenvalue weighted by atomic mass is 31.1. The van der Waals surface area contributed by atoms with E-state index in [-0.39, 0.29) is 5.41 Å². The van der Waals surface area contributed by atoms with Crippen molar-refractivity contribution in [1.82, 2.24) is 5.09 Å². The van der Waals surface area contributed by atoms with Crippen LogP contribution < -0.4 is 15.7 Å². The third kappa shape index (κ3) is 6.61. The maximum absolute atomic E-state index is 5.32. The van der Waals surface area contributed by atoms with Crippen LogP contribution in [0.3, 0.4) is 0 Å². The Morgan fingerprint density at radius 2 is 1.08 bits per heavy atom. The van der Waals surface area contributed by atoms with Crippen LogP contribution in [-0.2, 0) is 5.41 Å². The minimum Gasteiger partial charge on any atom is -0.341 e. The van der Waals surface area contributed by atoms with Gasteiger partial charge in [-0.1, -0.05) is 97.6 Å². The van der Waals surface area contributed by atoms with Crippen molar-refractivity contribution in [3.8, 4) is 0 Å². The molecule has 0 atom stereocenters. The maximum atomic E-state index is 5.32. The molecule has 0 amide bonds. The fourth-order valence-corrected chi connectivity index (χ4v) is 7.20. The molecule has 0 unspecified atom stereocenters. The predicted octanol–water partition coefficient (Wildman–Crippen LogP) is 8.55. The van der Waals surface area contributed by atoms with Crippen molar-refractivity contribution >= 4 is 30.2 Å². The zero-order chi connectivity index (χ0) is 27.6.